The lowest BCUT2D eigenvalue weighted by molar-refractivity contribution is 0.159. The zero-order valence-corrected chi connectivity index (χ0v) is 10.8. The van der Waals surface area contributed by atoms with Crippen molar-refractivity contribution in [2.75, 3.05) is 19.6 Å². The van der Waals surface area contributed by atoms with Crippen molar-refractivity contribution in [2.45, 2.75) is 45.2 Å². The van der Waals surface area contributed by atoms with Crippen LogP contribution in [0.2, 0.25) is 0 Å². The molecule has 4 heteroatoms. The summed E-state index contributed by atoms with van der Waals surface area (Å²) in [6.07, 6.45) is 8.90. The molecule has 17 heavy (non-hydrogen) atoms. The van der Waals surface area contributed by atoms with Crippen LogP contribution in [0.1, 0.15) is 31.9 Å². The Morgan fingerprint density at radius 1 is 1.35 bits per heavy atom. The molecule has 0 radical (unpaired) electrons. The van der Waals surface area contributed by atoms with Gasteiger partial charge in [0, 0.05) is 30.9 Å². The number of likely N-dealkylation sites (tertiary alicyclic amines) is 1. The van der Waals surface area contributed by atoms with E-state index in [-0.39, 0.29) is 0 Å². The molecule has 0 saturated carbocycles. The van der Waals surface area contributed by atoms with Crippen LogP contribution in [0.5, 0.6) is 0 Å². The maximum absolute atomic E-state index is 5.61. The molecule has 4 nitrogen and oxygen atoms in total. The number of hydrogen-bond donors (Lipinski definition) is 1. The molecule has 0 amide bonds. The first-order valence-electron chi connectivity index (χ1n) is 6.74. The predicted molar refractivity (Wildman–Crippen MR) is 69.9 cm³/mol. The molecule has 1 aromatic heterocycles. The van der Waals surface area contributed by atoms with Gasteiger partial charge in [0.1, 0.15) is 0 Å². The van der Waals surface area contributed by atoms with Crippen molar-refractivity contribution in [1.82, 2.24) is 14.5 Å². The van der Waals surface area contributed by atoms with Gasteiger partial charge in [-0.05, 0) is 39.4 Å². The molecule has 0 bridgehead atoms. The SMILES string of the molecule is CC(Cn1cncc1CCN)N1CCCCC1. The van der Waals surface area contributed by atoms with Crippen LogP contribution in [0.3, 0.4) is 0 Å². The fraction of sp³-hybridized carbons (Fsp3) is 0.769. The smallest absolute Gasteiger partial charge is 0.0948 e. The molecule has 0 aliphatic carbocycles. The molecule has 1 fully saturated rings. The minimum atomic E-state index is 0.598. The van der Waals surface area contributed by atoms with E-state index in [0.717, 1.165) is 13.0 Å². The van der Waals surface area contributed by atoms with Gasteiger partial charge in [-0.2, -0.15) is 0 Å². The number of hydrogen-bond acceptors (Lipinski definition) is 3. The first kappa shape index (κ1) is 12.6. The Bertz CT molecular complexity index is 328. The molecule has 1 saturated heterocycles. The summed E-state index contributed by atoms with van der Waals surface area (Å²) in [5.74, 6) is 0. The molecule has 1 atom stereocenters. The molecule has 0 aromatic carbocycles. The average Bonchev–Trinajstić information content (AvgIpc) is 2.78. The number of imidazole rings is 1. The van der Waals surface area contributed by atoms with Crippen molar-refractivity contribution in [1.29, 1.82) is 0 Å². The highest BCUT2D eigenvalue weighted by Gasteiger charge is 2.17. The molecule has 1 aliphatic heterocycles. The second kappa shape index (κ2) is 6.17. The molecular weight excluding hydrogens is 212 g/mol. The van der Waals surface area contributed by atoms with Gasteiger partial charge in [-0.15, -0.1) is 0 Å². The van der Waals surface area contributed by atoms with Gasteiger partial charge in [0.2, 0.25) is 0 Å². The van der Waals surface area contributed by atoms with E-state index >= 15 is 0 Å². The van der Waals surface area contributed by atoms with Gasteiger partial charge < -0.3 is 10.3 Å². The molecule has 2 N–H and O–H groups in total. The van der Waals surface area contributed by atoms with Crippen LogP contribution in [-0.4, -0.2) is 40.1 Å². The Kier molecular flexibility index (Phi) is 4.57. The van der Waals surface area contributed by atoms with Crippen molar-refractivity contribution >= 4 is 0 Å². The quantitative estimate of drug-likeness (QED) is 0.837. The molecular formula is C13H24N4. The van der Waals surface area contributed by atoms with Crippen LogP contribution in [0.25, 0.3) is 0 Å². The summed E-state index contributed by atoms with van der Waals surface area (Å²) in [6, 6.07) is 0.598. The Morgan fingerprint density at radius 3 is 2.82 bits per heavy atom. The summed E-state index contributed by atoms with van der Waals surface area (Å²) in [5.41, 5.74) is 6.87. The van der Waals surface area contributed by atoms with Gasteiger partial charge in [0.25, 0.3) is 0 Å². The maximum atomic E-state index is 5.61. The highest BCUT2D eigenvalue weighted by atomic mass is 15.2. The summed E-state index contributed by atoms with van der Waals surface area (Å²) in [6.45, 7) is 6.56. The molecule has 2 rings (SSSR count). The van der Waals surface area contributed by atoms with E-state index < -0.39 is 0 Å². The highest BCUT2D eigenvalue weighted by molar-refractivity contribution is 4.99. The number of nitrogens with zero attached hydrogens (tertiary/aromatic N) is 3. The van der Waals surface area contributed by atoms with Crippen molar-refractivity contribution < 1.29 is 0 Å². The average molecular weight is 236 g/mol. The first-order valence-corrected chi connectivity index (χ1v) is 6.74. The lowest BCUT2D eigenvalue weighted by atomic mass is 10.1. The number of rotatable bonds is 5. The van der Waals surface area contributed by atoms with Gasteiger partial charge in [-0.3, -0.25) is 4.90 Å². The Balaban J connectivity index is 1.92. The molecule has 96 valence electrons. The highest BCUT2D eigenvalue weighted by Crippen LogP contribution is 2.14. The lowest BCUT2D eigenvalue weighted by Gasteiger charge is -2.32. The molecule has 2 heterocycles. The van der Waals surface area contributed by atoms with Crippen molar-refractivity contribution in [2.24, 2.45) is 5.73 Å². The third-order valence-corrected chi connectivity index (χ3v) is 3.67. The van der Waals surface area contributed by atoms with E-state index in [4.69, 9.17) is 5.73 Å². The number of aromatic nitrogens is 2. The lowest BCUT2D eigenvalue weighted by Crippen LogP contribution is -2.39. The Hall–Kier alpha value is -0.870. The van der Waals surface area contributed by atoms with E-state index in [1.807, 2.05) is 12.5 Å². The van der Waals surface area contributed by atoms with Crippen LogP contribution >= 0.6 is 0 Å². The normalized spacial score (nSPS) is 19.4. The zero-order chi connectivity index (χ0) is 12.1. The van der Waals surface area contributed by atoms with Gasteiger partial charge in [0.15, 0.2) is 0 Å². The number of nitrogens with two attached hydrogens (primary N) is 1. The van der Waals surface area contributed by atoms with Crippen LogP contribution in [0, 0.1) is 0 Å². The minimum Gasteiger partial charge on any atom is -0.333 e. The number of piperidine rings is 1. The third kappa shape index (κ3) is 3.30. The minimum absolute atomic E-state index is 0.598. The maximum Gasteiger partial charge on any atom is 0.0948 e. The summed E-state index contributed by atoms with van der Waals surface area (Å²) in [4.78, 5) is 6.82. The zero-order valence-electron chi connectivity index (χ0n) is 10.8. The summed E-state index contributed by atoms with van der Waals surface area (Å²) >= 11 is 0. The van der Waals surface area contributed by atoms with Crippen molar-refractivity contribution in [3.63, 3.8) is 0 Å². The van der Waals surface area contributed by atoms with Gasteiger partial charge in [-0.25, -0.2) is 4.98 Å². The Labute approximate surface area is 104 Å². The largest absolute Gasteiger partial charge is 0.333 e. The van der Waals surface area contributed by atoms with E-state index in [0.29, 0.717) is 12.6 Å². The van der Waals surface area contributed by atoms with E-state index in [9.17, 15) is 0 Å². The van der Waals surface area contributed by atoms with Crippen LogP contribution in [0.4, 0.5) is 0 Å². The summed E-state index contributed by atoms with van der Waals surface area (Å²) < 4.78 is 2.26. The molecule has 0 spiro atoms. The van der Waals surface area contributed by atoms with Gasteiger partial charge in [0.05, 0.1) is 6.33 Å². The fourth-order valence-corrected chi connectivity index (χ4v) is 2.63. The van der Waals surface area contributed by atoms with E-state index in [1.54, 1.807) is 0 Å². The van der Waals surface area contributed by atoms with E-state index in [1.165, 1.54) is 38.0 Å². The molecule has 1 unspecified atom stereocenters. The van der Waals surface area contributed by atoms with Gasteiger partial charge >= 0.3 is 0 Å². The van der Waals surface area contributed by atoms with Gasteiger partial charge in [-0.1, -0.05) is 6.42 Å². The third-order valence-electron chi connectivity index (χ3n) is 3.67. The topological polar surface area (TPSA) is 47.1 Å². The molecule has 1 aliphatic rings. The monoisotopic (exact) mass is 236 g/mol. The van der Waals surface area contributed by atoms with Crippen LogP contribution in [-0.2, 0) is 13.0 Å². The van der Waals surface area contributed by atoms with Crippen molar-refractivity contribution in [3.8, 4) is 0 Å². The standard InChI is InChI=1S/C13H24N4/c1-12(16-7-3-2-4-8-16)10-17-11-15-9-13(17)5-6-14/h9,11-12H,2-8,10,14H2,1H3. The summed E-state index contributed by atoms with van der Waals surface area (Å²) in [5, 5.41) is 0. The second-order valence-corrected chi connectivity index (χ2v) is 5.02. The van der Waals surface area contributed by atoms with Crippen LogP contribution < -0.4 is 5.73 Å². The molecule has 1 aromatic rings. The fourth-order valence-electron chi connectivity index (χ4n) is 2.63. The van der Waals surface area contributed by atoms with Crippen molar-refractivity contribution in [3.05, 3.63) is 18.2 Å². The van der Waals surface area contributed by atoms with Crippen LogP contribution in [0.15, 0.2) is 12.5 Å². The predicted octanol–water partition coefficient (Wildman–Crippen LogP) is 1.26. The second-order valence-electron chi connectivity index (χ2n) is 5.02. The Morgan fingerprint density at radius 2 is 2.12 bits per heavy atom. The van der Waals surface area contributed by atoms with E-state index in [2.05, 4.69) is 21.4 Å². The first-order chi connectivity index (χ1) is 8.31. The summed E-state index contributed by atoms with van der Waals surface area (Å²) in [7, 11) is 0.